The van der Waals surface area contributed by atoms with Crippen LogP contribution in [0.25, 0.3) is 11.1 Å². The Bertz CT molecular complexity index is 1580. The topological polar surface area (TPSA) is 110 Å². The predicted octanol–water partition coefficient (Wildman–Crippen LogP) is 5.38. The first-order valence-electron chi connectivity index (χ1n) is 14.5. The lowest BCUT2D eigenvalue weighted by Gasteiger charge is -2.46. The molecule has 224 valence electrons. The molecule has 1 N–H and O–H groups in total. The van der Waals surface area contributed by atoms with Crippen molar-refractivity contribution < 1.29 is 43.1 Å². The summed E-state index contributed by atoms with van der Waals surface area (Å²) in [6.07, 6.45) is -7.81. The van der Waals surface area contributed by atoms with E-state index >= 15 is 0 Å². The summed E-state index contributed by atoms with van der Waals surface area (Å²) in [5.74, 6) is -0.902. The number of rotatable bonds is 6. The van der Waals surface area contributed by atoms with Crippen LogP contribution in [0, 0.1) is 0 Å². The molecule has 0 spiro atoms. The molecule has 7 rings (SSSR count). The monoisotopic (exact) mass is 594 g/mol. The van der Waals surface area contributed by atoms with Crippen molar-refractivity contribution in [2.75, 3.05) is 13.2 Å². The van der Waals surface area contributed by atoms with E-state index in [1.54, 1.807) is 30.3 Å². The van der Waals surface area contributed by atoms with E-state index in [0.717, 1.165) is 27.8 Å². The van der Waals surface area contributed by atoms with Gasteiger partial charge in [0.15, 0.2) is 24.8 Å². The van der Waals surface area contributed by atoms with Gasteiger partial charge in [0.1, 0.15) is 18.8 Å². The standard InChI is InChI=1S/C35H30O9/c36-32(21-11-3-1-4-12-21)42-31-30(29-28(41-33(31)37)20-39-34(43-29)22-13-5-2-6-14-22)44-35(38)40-19-27-25-17-9-7-15-23(25)24-16-8-10-18-26(24)27/h1-18,27-31,33-34,37H,19-20H2/t28-,29+,30+,31-,33+,34+/m1/s1. The molecule has 0 amide bonds. The fourth-order valence-electron chi connectivity index (χ4n) is 6.10. The molecule has 2 heterocycles. The first kappa shape index (κ1) is 28.2. The molecule has 0 saturated carbocycles. The Morgan fingerprint density at radius 3 is 2.02 bits per heavy atom. The van der Waals surface area contributed by atoms with Crippen molar-refractivity contribution in [1.82, 2.24) is 0 Å². The summed E-state index contributed by atoms with van der Waals surface area (Å²) in [4.78, 5) is 26.4. The molecule has 4 aromatic carbocycles. The predicted molar refractivity (Wildman–Crippen MR) is 156 cm³/mol. The molecule has 2 saturated heterocycles. The molecule has 2 fully saturated rings. The molecule has 44 heavy (non-hydrogen) atoms. The van der Waals surface area contributed by atoms with Gasteiger partial charge in [-0.1, -0.05) is 97.1 Å². The van der Waals surface area contributed by atoms with Gasteiger partial charge in [-0.3, -0.25) is 0 Å². The van der Waals surface area contributed by atoms with Gasteiger partial charge in [-0.25, -0.2) is 9.59 Å². The van der Waals surface area contributed by atoms with E-state index in [9.17, 15) is 14.7 Å². The molecule has 2 aliphatic heterocycles. The summed E-state index contributed by atoms with van der Waals surface area (Å²) in [5.41, 5.74) is 5.30. The minimum atomic E-state index is -1.62. The molecule has 1 aliphatic carbocycles. The third kappa shape index (κ3) is 5.46. The number of aliphatic hydroxyl groups excluding tert-OH is 1. The zero-order chi connectivity index (χ0) is 30.0. The molecule has 3 aliphatic rings. The van der Waals surface area contributed by atoms with Gasteiger partial charge >= 0.3 is 12.1 Å². The number of benzene rings is 4. The zero-order valence-electron chi connectivity index (χ0n) is 23.6. The van der Waals surface area contributed by atoms with Crippen molar-refractivity contribution in [3.8, 4) is 11.1 Å². The SMILES string of the molecule is O=C(OCC1c2ccccc2-c2ccccc21)O[C@@H]1[C@@H](OC(=O)c2ccccc2)[C@@H](O)O[C@@H]2CO[C@H](c3ccccc3)O[C@H]12. The Labute approximate surface area is 253 Å². The second kappa shape index (κ2) is 12.2. The van der Waals surface area contributed by atoms with E-state index in [1.165, 1.54) is 0 Å². The van der Waals surface area contributed by atoms with Crippen molar-refractivity contribution in [3.63, 3.8) is 0 Å². The summed E-state index contributed by atoms with van der Waals surface area (Å²) in [6.45, 7) is 0.0724. The summed E-state index contributed by atoms with van der Waals surface area (Å²) < 4.78 is 35.1. The summed E-state index contributed by atoms with van der Waals surface area (Å²) in [7, 11) is 0. The third-order valence-corrected chi connectivity index (χ3v) is 8.19. The molecule has 9 nitrogen and oxygen atoms in total. The second-order valence-corrected chi connectivity index (χ2v) is 10.8. The van der Waals surface area contributed by atoms with Gasteiger partial charge in [0, 0.05) is 11.5 Å². The first-order chi connectivity index (χ1) is 21.6. The highest BCUT2D eigenvalue weighted by atomic mass is 16.8. The van der Waals surface area contributed by atoms with Crippen LogP contribution < -0.4 is 0 Å². The Hall–Kier alpha value is -4.54. The molecule has 9 heteroatoms. The largest absolute Gasteiger partial charge is 0.508 e. The van der Waals surface area contributed by atoms with E-state index in [2.05, 4.69) is 0 Å². The molecular weight excluding hydrogens is 564 g/mol. The van der Waals surface area contributed by atoms with Crippen molar-refractivity contribution in [2.24, 2.45) is 0 Å². The fraction of sp³-hybridized carbons (Fsp3) is 0.257. The number of fused-ring (bicyclic) bond motifs is 4. The van der Waals surface area contributed by atoms with Gasteiger partial charge in [-0.05, 0) is 34.4 Å². The van der Waals surface area contributed by atoms with Gasteiger partial charge in [-0.2, -0.15) is 0 Å². The maximum Gasteiger partial charge on any atom is 0.508 e. The normalized spacial score (nSPS) is 25.7. The number of hydrogen-bond acceptors (Lipinski definition) is 9. The molecule has 6 atom stereocenters. The second-order valence-electron chi connectivity index (χ2n) is 10.8. The molecule has 0 bridgehead atoms. The van der Waals surface area contributed by atoms with Crippen LogP contribution in [-0.4, -0.2) is 61.2 Å². The van der Waals surface area contributed by atoms with Crippen LogP contribution in [0.15, 0.2) is 109 Å². The van der Waals surface area contributed by atoms with E-state index in [1.807, 2.05) is 78.9 Å². The number of hydrogen-bond donors (Lipinski definition) is 1. The quantitative estimate of drug-likeness (QED) is 0.294. The van der Waals surface area contributed by atoms with Gasteiger partial charge in [-0.15, -0.1) is 0 Å². The Morgan fingerprint density at radius 1 is 0.727 bits per heavy atom. The highest BCUT2D eigenvalue weighted by Gasteiger charge is 2.53. The van der Waals surface area contributed by atoms with Crippen LogP contribution in [0.2, 0.25) is 0 Å². The van der Waals surface area contributed by atoms with Crippen molar-refractivity contribution >= 4 is 12.1 Å². The number of carbonyl (C=O) groups is 2. The summed E-state index contributed by atoms with van der Waals surface area (Å²) >= 11 is 0. The lowest BCUT2D eigenvalue weighted by Crippen LogP contribution is -2.63. The smallest absolute Gasteiger partial charge is 0.449 e. The maximum absolute atomic E-state index is 13.3. The molecule has 0 aromatic heterocycles. The minimum absolute atomic E-state index is 0.0256. The van der Waals surface area contributed by atoms with Gasteiger partial charge in [0.25, 0.3) is 0 Å². The van der Waals surface area contributed by atoms with Crippen LogP contribution >= 0.6 is 0 Å². The fourth-order valence-corrected chi connectivity index (χ4v) is 6.10. The highest BCUT2D eigenvalue weighted by molar-refractivity contribution is 5.89. The molecular formula is C35H30O9. The highest BCUT2D eigenvalue weighted by Crippen LogP contribution is 2.44. The Morgan fingerprint density at radius 2 is 1.34 bits per heavy atom. The molecule has 4 aromatic rings. The van der Waals surface area contributed by atoms with Crippen molar-refractivity contribution in [2.45, 2.75) is 42.9 Å². The number of esters is 1. The van der Waals surface area contributed by atoms with Crippen molar-refractivity contribution in [3.05, 3.63) is 131 Å². The van der Waals surface area contributed by atoms with Crippen LogP contribution in [0.3, 0.4) is 0 Å². The first-order valence-corrected chi connectivity index (χ1v) is 14.5. The minimum Gasteiger partial charge on any atom is -0.449 e. The van der Waals surface area contributed by atoms with E-state index < -0.39 is 49.1 Å². The number of aliphatic hydroxyl groups is 1. The zero-order valence-corrected chi connectivity index (χ0v) is 23.6. The average Bonchev–Trinajstić information content (AvgIpc) is 3.39. The lowest BCUT2D eigenvalue weighted by molar-refractivity contribution is -0.354. The Kier molecular flexibility index (Phi) is 7.84. The number of ether oxygens (including phenoxy) is 6. The van der Waals surface area contributed by atoms with Crippen molar-refractivity contribution in [1.29, 1.82) is 0 Å². The summed E-state index contributed by atoms with van der Waals surface area (Å²) in [5, 5.41) is 10.9. The van der Waals surface area contributed by atoms with Crippen LogP contribution in [-0.2, 0) is 28.4 Å². The van der Waals surface area contributed by atoms with Crippen LogP contribution in [0.1, 0.15) is 39.3 Å². The third-order valence-electron chi connectivity index (χ3n) is 8.19. The van der Waals surface area contributed by atoms with Gasteiger partial charge in [0.05, 0.1) is 12.2 Å². The lowest BCUT2D eigenvalue weighted by atomic mass is 9.97. The van der Waals surface area contributed by atoms with E-state index in [-0.39, 0.29) is 24.7 Å². The molecule has 0 unspecified atom stereocenters. The van der Waals surface area contributed by atoms with Crippen LogP contribution in [0.4, 0.5) is 4.79 Å². The molecule has 0 radical (unpaired) electrons. The Balaban J connectivity index is 1.12. The van der Waals surface area contributed by atoms with E-state index in [0.29, 0.717) is 0 Å². The van der Waals surface area contributed by atoms with Crippen LogP contribution in [0.5, 0.6) is 0 Å². The number of carbonyl (C=O) groups excluding carboxylic acids is 2. The van der Waals surface area contributed by atoms with E-state index in [4.69, 9.17) is 28.4 Å². The van der Waals surface area contributed by atoms with Gasteiger partial charge < -0.3 is 33.5 Å². The van der Waals surface area contributed by atoms with Gasteiger partial charge in [0.2, 0.25) is 0 Å². The average molecular weight is 595 g/mol. The summed E-state index contributed by atoms with van der Waals surface area (Å²) in [6, 6.07) is 33.6. The maximum atomic E-state index is 13.3.